The Hall–Kier alpha value is -2.63. The van der Waals surface area contributed by atoms with E-state index >= 15 is 0 Å². The van der Waals surface area contributed by atoms with E-state index in [4.69, 9.17) is 27.2 Å². The Morgan fingerprint density at radius 3 is 2.62 bits per heavy atom. The molecule has 6 heteroatoms. The summed E-state index contributed by atoms with van der Waals surface area (Å²) >= 11 is 6.15. The van der Waals surface area contributed by atoms with Crippen LogP contribution in [0.2, 0.25) is 5.02 Å². The molecule has 2 aromatic carbocycles. The number of halogens is 1. The zero-order valence-electron chi connectivity index (χ0n) is 12.6. The van der Waals surface area contributed by atoms with Crippen molar-refractivity contribution in [3.8, 4) is 11.6 Å². The highest BCUT2D eigenvalue weighted by atomic mass is 35.5. The van der Waals surface area contributed by atoms with Gasteiger partial charge in [0.05, 0.1) is 10.5 Å². The van der Waals surface area contributed by atoms with Gasteiger partial charge in [0, 0.05) is 11.5 Å². The van der Waals surface area contributed by atoms with Crippen molar-refractivity contribution in [3.05, 3.63) is 65.2 Å². The summed E-state index contributed by atoms with van der Waals surface area (Å²) in [5.41, 5.74) is 7.03. The first-order valence-corrected chi connectivity index (χ1v) is 7.71. The second-order valence-corrected chi connectivity index (χ2v) is 5.76. The summed E-state index contributed by atoms with van der Waals surface area (Å²) in [4.78, 5) is 15.2. The molecule has 122 valence electrons. The number of pyridine rings is 1. The van der Waals surface area contributed by atoms with Gasteiger partial charge in [-0.05, 0) is 36.2 Å². The Morgan fingerprint density at radius 1 is 1.17 bits per heavy atom. The Labute approximate surface area is 143 Å². The van der Waals surface area contributed by atoms with Crippen molar-refractivity contribution in [1.29, 1.82) is 0 Å². The third-order valence-electron chi connectivity index (χ3n) is 3.56. The quantitative estimate of drug-likeness (QED) is 0.739. The SMILES string of the molecule is NC(Cc1ccc(Oc2ccc3cccc(Cl)c3n2)cc1)C(=O)O. The van der Waals surface area contributed by atoms with E-state index < -0.39 is 12.0 Å². The molecule has 0 saturated heterocycles. The van der Waals surface area contributed by atoms with Crippen molar-refractivity contribution in [2.45, 2.75) is 12.5 Å². The predicted molar refractivity (Wildman–Crippen MR) is 92.6 cm³/mol. The first kappa shape index (κ1) is 16.2. The van der Waals surface area contributed by atoms with Gasteiger partial charge in [-0.15, -0.1) is 0 Å². The van der Waals surface area contributed by atoms with Crippen molar-refractivity contribution in [1.82, 2.24) is 4.98 Å². The van der Waals surface area contributed by atoms with Crippen LogP contribution in [0.15, 0.2) is 54.6 Å². The number of carboxylic acid groups (broad SMARTS) is 1. The third kappa shape index (κ3) is 3.64. The zero-order chi connectivity index (χ0) is 17.1. The largest absolute Gasteiger partial charge is 0.480 e. The number of carboxylic acids is 1. The van der Waals surface area contributed by atoms with Crippen molar-refractivity contribution < 1.29 is 14.6 Å². The van der Waals surface area contributed by atoms with Gasteiger partial charge in [-0.1, -0.05) is 35.9 Å². The molecule has 1 aromatic heterocycles. The molecule has 0 spiro atoms. The lowest BCUT2D eigenvalue weighted by Crippen LogP contribution is -2.32. The molecule has 0 bridgehead atoms. The normalized spacial score (nSPS) is 12.1. The highest BCUT2D eigenvalue weighted by Crippen LogP contribution is 2.26. The van der Waals surface area contributed by atoms with Gasteiger partial charge in [-0.2, -0.15) is 0 Å². The Balaban J connectivity index is 1.76. The maximum Gasteiger partial charge on any atom is 0.320 e. The van der Waals surface area contributed by atoms with Gasteiger partial charge < -0.3 is 15.6 Å². The zero-order valence-corrected chi connectivity index (χ0v) is 13.4. The Morgan fingerprint density at radius 2 is 1.92 bits per heavy atom. The van der Waals surface area contributed by atoms with E-state index in [1.165, 1.54) is 0 Å². The fourth-order valence-corrected chi connectivity index (χ4v) is 2.53. The van der Waals surface area contributed by atoms with Crippen molar-refractivity contribution >= 4 is 28.5 Å². The number of hydrogen-bond donors (Lipinski definition) is 2. The standard InChI is InChI=1S/C18H15ClN2O3/c19-14-3-1-2-12-6-9-16(21-17(12)14)24-13-7-4-11(5-8-13)10-15(20)18(22)23/h1-9,15H,10,20H2,(H,22,23). The molecule has 0 aliphatic heterocycles. The fourth-order valence-electron chi connectivity index (χ4n) is 2.31. The molecule has 0 aliphatic carbocycles. The number of rotatable bonds is 5. The van der Waals surface area contributed by atoms with Crippen LogP contribution >= 0.6 is 11.6 Å². The smallest absolute Gasteiger partial charge is 0.320 e. The van der Waals surface area contributed by atoms with E-state index in [2.05, 4.69) is 4.98 Å². The number of hydrogen-bond acceptors (Lipinski definition) is 4. The molecule has 3 aromatic rings. The maximum absolute atomic E-state index is 10.8. The summed E-state index contributed by atoms with van der Waals surface area (Å²) in [6.07, 6.45) is 0.263. The van der Waals surface area contributed by atoms with E-state index in [0.717, 1.165) is 10.9 Å². The van der Waals surface area contributed by atoms with Gasteiger partial charge in [-0.25, -0.2) is 4.98 Å². The molecule has 0 amide bonds. The molecule has 0 saturated carbocycles. The van der Waals surface area contributed by atoms with E-state index in [1.54, 1.807) is 36.4 Å². The number of benzene rings is 2. The van der Waals surface area contributed by atoms with E-state index in [1.807, 2.05) is 18.2 Å². The van der Waals surface area contributed by atoms with Crippen molar-refractivity contribution in [2.24, 2.45) is 5.73 Å². The van der Waals surface area contributed by atoms with E-state index in [-0.39, 0.29) is 6.42 Å². The molecule has 0 aliphatic rings. The van der Waals surface area contributed by atoms with E-state index in [9.17, 15) is 4.79 Å². The van der Waals surface area contributed by atoms with Crippen molar-refractivity contribution in [2.75, 3.05) is 0 Å². The number of ether oxygens (including phenoxy) is 1. The lowest BCUT2D eigenvalue weighted by Gasteiger charge is -2.09. The second kappa shape index (κ2) is 6.86. The summed E-state index contributed by atoms with van der Waals surface area (Å²) < 4.78 is 5.73. The molecule has 1 unspecified atom stereocenters. The Kier molecular flexibility index (Phi) is 4.64. The minimum Gasteiger partial charge on any atom is -0.480 e. The number of fused-ring (bicyclic) bond motifs is 1. The van der Waals surface area contributed by atoms with Crippen LogP contribution in [0.1, 0.15) is 5.56 Å². The summed E-state index contributed by atoms with van der Waals surface area (Å²) in [5.74, 6) is 0.0136. The molecule has 5 nitrogen and oxygen atoms in total. The fraction of sp³-hybridized carbons (Fsp3) is 0.111. The van der Waals surface area contributed by atoms with Crippen LogP contribution in [0, 0.1) is 0 Å². The molecule has 3 rings (SSSR count). The average Bonchev–Trinajstić information content (AvgIpc) is 2.57. The van der Waals surface area contributed by atoms with Crippen LogP contribution in [0.5, 0.6) is 11.6 Å². The Bertz CT molecular complexity index is 881. The summed E-state index contributed by atoms with van der Waals surface area (Å²) in [6.45, 7) is 0. The van der Waals surface area contributed by atoms with Gasteiger partial charge in [0.2, 0.25) is 5.88 Å². The molecule has 1 heterocycles. The molecule has 0 radical (unpaired) electrons. The van der Waals surface area contributed by atoms with Gasteiger partial charge >= 0.3 is 5.97 Å². The monoisotopic (exact) mass is 342 g/mol. The molecule has 0 fully saturated rings. The first-order valence-electron chi connectivity index (χ1n) is 7.33. The first-order chi connectivity index (χ1) is 11.5. The minimum atomic E-state index is -1.02. The number of aliphatic carboxylic acids is 1. The summed E-state index contributed by atoms with van der Waals surface area (Å²) in [5, 5.41) is 10.3. The molecule has 1 atom stereocenters. The molecule has 24 heavy (non-hydrogen) atoms. The topological polar surface area (TPSA) is 85.4 Å². The highest BCUT2D eigenvalue weighted by molar-refractivity contribution is 6.35. The summed E-state index contributed by atoms with van der Waals surface area (Å²) in [6, 6.07) is 15.4. The van der Waals surface area contributed by atoms with Crippen LogP contribution < -0.4 is 10.5 Å². The van der Waals surface area contributed by atoms with Crippen LogP contribution in [0.4, 0.5) is 0 Å². The van der Waals surface area contributed by atoms with Gasteiger partial charge in [0.1, 0.15) is 11.8 Å². The van der Waals surface area contributed by atoms with Crippen LogP contribution in [-0.2, 0) is 11.2 Å². The molecular weight excluding hydrogens is 328 g/mol. The number of carbonyl (C=O) groups is 1. The van der Waals surface area contributed by atoms with E-state index in [0.29, 0.717) is 22.2 Å². The molecule has 3 N–H and O–H groups in total. The van der Waals surface area contributed by atoms with Gasteiger partial charge in [-0.3, -0.25) is 4.79 Å². The second-order valence-electron chi connectivity index (χ2n) is 5.36. The van der Waals surface area contributed by atoms with Crippen molar-refractivity contribution in [3.63, 3.8) is 0 Å². The number of para-hydroxylation sites is 1. The lowest BCUT2D eigenvalue weighted by molar-refractivity contribution is -0.138. The van der Waals surface area contributed by atoms with Gasteiger partial charge in [0.15, 0.2) is 0 Å². The molecular formula is C18H15ClN2O3. The highest BCUT2D eigenvalue weighted by Gasteiger charge is 2.12. The number of nitrogens with two attached hydrogens (primary N) is 1. The summed E-state index contributed by atoms with van der Waals surface area (Å²) in [7, 11) is 0. The van der Waals surface area contributed by atoms with Crippen LogP contribution in [-0.4, -0.2) is 22.1 Å². The number of aromatic nitrogens is 1. The van der Waals surface area contributed by atoms with Gasteiger partial charge in [0.25, 0.3) is 0 Å². The van der Waals surface area contributed by atoms with Crippen LogP contribution in [0.25, 0.3) is 10.9 Å². The van der Waals surface area contributed by atoms with Crippen LogP contribution in [0.3, 0.4) is 0 Å². The minimum absolute atomic E-state index is 0.263. The third-order valence-corrected chi connectivity index (χ3v) is 3.87. The lowest BCUT2D eigenvalue weighted by atomic mass is 10.1. The number of nitrogens with zero attached hydrogens (tertiary/aromatic N) is 1. The predicted octanol–water partition coefficient (Wildman–Crippen LogP) is 3.63. The maximum atomic E-state index is 10.8. The average molecular weight is 343 g/mol.